The Balaban J connectivity index is 2.21. The zero-order chi connectivity index (χ0) is 16.2. The number of hydrogen-bond acceptors (Lipinski definition) is 2. The maximum atomic E-state index is 5.76. The van der Waals surface area contributed by atoms with E-state index in [0.29, 0.717) is 13.1 Å². The van der Waals surface area contributed by atoms with E-state index in [0.717, 1.165) is 17.6 Å². The van der Waals surface area contributed by atoms with E-state index in [2.05, 4.69) is 56.8 Å². The van der Waals surface area contributed by atoms with E-state index in [1.807, 2.05) is 12.1 Å². The molecule has 0 aliphatic rings. The van der Waals surface area contributed by atoms with Crippen molar-refractivity contribution in [1.29, 1.82) is 0 Å². The predicted octanol–water partition coefficient (Wildman–Crippen LogP) is 3.99. The van der Waals surface area contributed by atoms with Crippen molar-refractivity contribution in [3.63, 3.8) is 0 Å². The topological polar surface area (TPSA) is 52.0 Å². The first kappa shape index (κ1) is 16.5. The molecule has 0 radical (unpaired) electrons. The molecule has 0 heterocycles. The lowest BCUT2D eigenvalue weighted by Gasteiger charge is -2.27. The van der Waals surface area contributed by atoms with Crippen molar-refractivity contribution in [2.45, 2.75) is 38.8 Å². The first-order valence-electron chi connectivity index (χ1n) is 7.73. The van der Waals surface area contributed by atoms with E-state index in [-0.39, 0.29) is 5.41 Å². The van der Waals surface area contributed by atoms with Crippen LogP contribution in [0, 0.1) is 0 Å². The summed E-state index contributed by atoms with van der Waals surface area (Å²) in [6, 6.07) is 16.8. The third-order valence-electron chi connectivity index (χ3n) is 4.17. The molecule has 2 nitrogen and oxygen atoms in total. The van der Waals surface area contributed by atoms with Crippen LogP contribution in [-0.2, 0) is 18.5 Å². The van der Waals surface area contributed by atoms with Gasteiger partial charge >= 0.3 is 0 Å². The number of nitrogens with two attached hydrogens (primary N) is 2. The first-order chi connectivity index (χ1) is 10.5. The normalized spacial score (nSPS) is 11.5. The molecule has 2 rings (SSSR count). The number of benzene rings is 2. The van der Waals surface area contributed by atoms with E-state index in [1.54, 1.807) is 0 Å². The summed E-state index contributed by atoms with van der Waals surface area (Å²) >= 11 is 0. The van der Waals surface area contributed by atoms with Gasteiger partial charge < -0.3 is 11.5 Å². The van der Waals surface area contributed by atoms with Crippen molar-refractivity contribution >= 4 is 5.57 Å². The van der Waals surface area contributed by atoms with E-state index >= 15 is 0 Å². The second-order valence-electron chi connectivity index (χ2n) is 6.47. The van der Waals surface area contributed by atoms with Gasteiger partial charge in [-0.2, -0.15) is 0 Å². The Morgan fingerprint density at radius 3 is 2.18 bits per heavy atom. The quantitative estimate of drug-likeness (QED) is 0.846. The maximum absolute atomic E-state index is 5.76. The summed E-state index contributed by atoms with van der Waals surface area (Å²) in [5.41, 5.74) is 17.4. The minimum absolute atomic E-state index is 0.0149. The van der Waals surface area contributed by atoms with Gasteiger partial charge in [0.15, 0.2) is 0 Å². The molecule has 2 aromatic carbocycles. The summed E-state index contributed by atoms with van der Waals surface area (Å²) in [5, 5.41) is 0. The standard InChI is InChI=1S/C20H26N2/c1-15(18-8-4-6-16(10-18)13-21)12-20(2,3)19-9-5-7-17(11-19)14-22/h4-11H,1,12-14,21-22H2,2-3H3. The van der Waals surface area contributed by atoms with Gasteiger partial charge in [0.1, 0.15) is 0 Å². The molecular formula is C20H26N2. The molecule has 0 amide bonds. The second kappa shape index (κ2) is 6.91. The fourth-order valence-corrected chi connectivity index (χ4v) is 2.78. The van der Waals surface area contributed by atoms with E-state index in [1.165, 1.54) is 16.7 Å². The monoisotopic (exact) mass is 294 g/mol. The summed E-state index contributed by atoms with van der Waals surface area (Å²) in [6.45, 7) is 9.92. The molecule has 0 saturated carbocycles. The zero-order valence-electron chi connectivity index (χ0n) is 13.6. The van der Waals surface area contributed by atoms with Gasteiger partial charge in [0.25, 0.3) is 0 Å². The van der Waals surface area contributed by atoms with Gasteiger partial charge in [-0.05, 0) is 39.7 Å². The summed E-state index contributed by atoms with van der Waals surface area (Å²) in [5.74, 6) is 0. The second-order valence-corrected chi connectivity index (χ2v) is 6.47. The van der Waals surface area contributed by atoms with Gasteiger partial charge in [0.05, 0.1) is 0 Å². The molecule has 2 aromatic rings. The third-order valence-corrected chi connectivity index (χ3v) is 4.17. The molecule has 4 N–H and O–H groups in total. The van der Waals surface area contributed by atoms with Gasteiger partial charge in [-0.3, -0.25) is 0 Å². The number of rotatable bonds is 6. The Morgan fingerprint density at radius 2 is 1.55 bits per heavy atom. The fraction of sp³-hybridized carbons (Fsp3) is 0.300. The lowest BCUT2D eigenvalue weighted by Crippen LogP contribution is -2.18. The molecule has 0 bridgehead atoms. The predicted molar refractivity (Wildman–Crippen MR) is 95.3 cm³/mol. The fourth-order valence-electron chi connectivity index (χ4n) is 2.78. The minimum Gasteiger partial charge on any atom is -0.326 e. The van der Waals surface area contributed by atoms with Crippen molar-refractivity contribution in [1.82, 2.24) is 0 Å². The van der Waals surface area contributed by atoms with Crippen LogP contribution >= 0.6 is 0 Å². The largest absolute Gasteiger partial charge is 0.326 e. The molecule has 0 aliphatic heterocycles. The van der Waals surface area contributed by atoms with Gasteiger partial charge in [-0.25, -0.2) is 0 Å². The highest BCUT2D eigenvalue weighted by Crippen LogP contribution is 2.34. The number of hydrogen-bond donors (Lipinski definition) is 2. The summed E-state index contributed by atoms with van der Waals surface area (Å²) < 4.78 is 0. The highest BCUT2D eigenvalue weighted by Gasteiger charge is 2.22. The summed E-state index contributed by atoms with van der Waals surface area (Å²) in [6.07, 6.45) is 0.898. The summed E-state index contributed by atoms with van der Waals surface area (Å²) in [4.78, 5) is 0. The van der Waals surface area contributed by atoms with Crippen LogP contribution in [0.5, 0.6) is 0 Å². The van der Waals surface area contributed by atoms with Crippen LogP contribution in [-0.4, -0.2) is 0 Å². The van der Waals surface area contributed by atoms with Crippen molar-refractivity contribution in [2.24, 2.45) is 11.5 Å². The Morgan fingerprint density at radius 1 is 0.955 bits per heavy atom. The molecule has 22 heavy (non-hydrogen) atoms. The third kappa shape index (κ3) is 3.85. The van der Waals surface area contributed by atoms with Crippen molar-refractivity contribution < 1.29 is 0 Å². The van der Waals surface area contributed by atoms with Crippen LogP contribution in [0.3, 0.4) is 0 Å². The molecule has 116 valence electrons. The van der Waals surface area contributed by atoms with Crippen LogP contribution < -0.4 is 11.5 Å². The van der Waals surface area contributed by atoms with E-state index < -0.39 is 0 Å². The van der Waals surface area contributed by atoms with Crippen LogP contribution in [0.15, 0.2) is 55.1 Å². The SMILES string of the molecule is C=C(CC(C)(C)c1cccc(CN)c1)c1cccc(CN)c1. The molecular weight excluding hydrogens is 268 g/mol. The minimum atomic E-state index is 0.0149. The first-order valence-corrected chi connectivity index (χ1v) is 7.73. The molecule has 0 aliphatic carbocycles. The van der Waals surface area contributed by atoms with Crippen LogP contribution in [0.1, 0.15) is 42.5 Å². The Hall–Kier alpha value is -1.90. The average Bonchev–Trinajstić information content (AvgIpc) is 2.54. The number of allylic oxidation sites excluding steroid dienone is 1. The van der Waals surface area contributed by atoms with Crippen molar-refractivity contribution in [3.05, 3.63) is 77.4 Å². The van der Waals surface area contributed by atoms with Crippen LogP contribution in [0.25, 0.3) is 5.57 Å². The zero-order valence-corrected chi connectivity index (χ0v) is 13.6. The van der Waals surface area contributed by atoms with Gasteiger partial charge in [-0.15, -0.1) is 0 Å². The van der Waals surface area contributed by atoms with Gasteiger partial charge in [-0.1, -0.05) is 69.0 Å². The molecule has 0 saturated heterocycles. The van der Waals surface area contributed by atoms with Crippen LogP contribution in [0.4, 0.5) is 0 Å². The highest BCUT2D eigenvalue weighted by molar-refractivity contribution is 5.65. The van der Waals surface area contributed by atoms with Crippen molar-refractivity contribution in [3.8, 4) is 0 Å². The Labute approximate surface area is 133 Å². The van der Waals surface area contributed by atoms with Crippen LogP contribution in [0.2, 0.25) is 0 Å². The molecule has 0 atom stereocenters. The van der Waals surface area contributed by atoms with Gasteiger partial charge in [0, 0.05) is 13.1 Å². The lowest BCUT2D eigenvalue weighted by molar-refractivity contribution is 0.541. The van der Waals surface area contributed by atoms with E-state index in [4.69, 9.17) is 11.5 Å². The maximum Gasteiger partial charge on any atom is 0.0178 e. The van der Waals surface area contributed by atoms with Crippen molar-refractivity contribution in [2.75, 3.05) is 0 Å². The molecule has 0 unspecified atom stereocenters. The average molecular weight is 294 g/mol. The van der Waals surface area contributed by atoms with E-state index in [9.17, 15) is 0 Å². The lowest BCUT2D eigenvalue weighted by atomic mass is 9.77. The smallest absolute Gasteiger partial charge is 0.0178 e. The Kier molecular flexibility index (Phi) is 5.17. The Bertz CT molecular complexity index is 656. The molecule has 0 aromatic heterocycles. The summed E-state index contributed by atoms with van der Waals surface area (Å²) in [7, 11) is 0. The highest BCUT2D eigenvalue weighted by atomic mass is 14.5. The van der Waals surface area contributed by atoms with Gasteiger partial charge in [0.2, 0.25) is 0 Å². The molecule has 2 heteroatoms. The molecule has 0 spiro atoms. The molecule has 0 fully saturated rings.